The van der Waals surface area contributed by atoms with Crippen LogP contribution in [0.4, 0.5) is 11.4 Å². The molecule has 1 unspecified atom stereocenters. The van der Waals surface area contributed by atoms with Crippen molar-refractivity contribution >= 4 is 46.9 Å². The van der Waals surface area contributed by atoms with E-state index in [-0.39, 0.29) is 22.8 Å². The molecule has 0 heterocycles. The molecule has 214 valence electrons. The number of benzene rings is 4. The lowest BCUT2D eigenvalue weighted by molar-refractivity contribution is -0.115. The van der Waals surface area contributed by atoms with Crippen molar-refractivity contribution in [1.29, 1.82) is 0 Å². The number of aryl methyl sites for hydroxylation is 1. The van der Waals surface area contributed by atoms with Crippen molar-refractivity contribution in [2.75, 3.05) is 10.6 Å². The molecule has 0 radical (unpaired) electrons. The van der Waals surface area contributed by atoms with Crippen LogP contribution in [-0.2, 0) is 9.59 Å². The van der Waals surface area contributed by atoms with Gasteiger partial charge in [-0.2, -0.15) is 0 Å². The molecule has 0 spiro atoms. The number of nitrogens with one attached hydrogen (secondary N) is 3. The smallest absolute Gasteiger partial charge is 0.272 e. The zero-order valence-electron chi connectivity index (χ0n) is 24.2. The molecule has 0 saturated carbocycles. The van der Waals surface area contributed by atoms with E-state index < -0.39 is 5.91 Å². The predicted molar refractivity (Wildman–Crippen MR) is 173 cm³/mol. The molecule has 0 fully saturated rings. The summed E-state index contributed by atoms with van der Waals surface area (Å²) in [5, 5.41) is 8.28. The first-order chi connectivity index (χ1) is 20.2. The first kappa shape index (κ1) is 30.3. The second-order valence-corrected chi connectivity index (χ2v) is 11.7. The van der Waals surface area contributed by atoms with Gasteiger partial charge in [-0.1, -0.05) is 74.0 Å². The summed E-state index contributed by atoms with van der Waals surface area (Å²) in [5.74, 6) is -0.479. The average Bonchev–Trinajstić information content (AvgIpc) is 2.98. The topological polar surface area (TPSA) is 87.3 Å². The zero-order chi connectivity index (χ0) is 30.1. The Kier molecular flexibility index (Phi) is 10.3. The van der Waals surface area contributed by atoms with E-state index in [4.69, 9.17) is 0 Å². The zero-order valence-corrected chi connectivity index (χ0v) is 25.0. The molecule has 1 atom stereocenters. The molecule has 0 bridgehead atoms. The predicted octanol–water partition coefficient (Wildman–Crippen LogP) is 7.65. The van der Waals surface area contributed by atoms with Crippen LogP contribution >= 0.6 is 11.8 Å². The SMILES string of the molecule is Cc1cccc(/C=C(\NC(=O)c2ccccc2)C(=O)Nc2ccc(SC(C)C(=O)Nc3ccc(C(C)C)cc3)cc2)c1. The molecule has 4 rings (SSSR count). The number of hydrogen-bond acceptors (Lipinski definition) is 4. The summed E-state index contributed by atoms with van der Waals surface area (Å²) in [6, 6.07) is 31.6. The summed E-state index contributed by atoms with van der Waals surface area (Å²) in [5.41, 5.74) is 4.96. The number of rotatable bonds is 10. The lowest BCUT2D eigenvalue weighted by Crippen LogP contribution is -2.30. The lowest BCUT2D eigenvalue weighted by atomic mass is 10.0. The van der Waals surface area contributed by atoms with Crippen molar-refractivity contribution < 1.29 is 14.4 Å². The third kappa shape index (κ3) is 8.69. The Balaban J connectivity index is 1.40. The van der Waals surface area contributed by atoms with E-state index in [9.17, 15) is 14.4 Å². The molecular formula is C35H35N3O3S. The Hall–Kier alpha value is -4.62. The molecule has 6 nitrogen and oxygen atoms in total. The average molecular weight is 578 g/mol. The van der Waals surface area contributed by atoms with Crippen LogP contribution in [0, 0.1) is 6.92 Å². The van der Waals surface area contributed by atoms with E-state index >= 15 is 0 Å². The molecule has 0 aliphatic heterocycles. The third-order valence-corrected chi connectivity index (χ3v) is 7.63. The van der Waals surface area contributed by atoms with Gasteiger partial charge < -0.3 is 16.0 Å². The van der Waals surface area contributed by atoms with E-state index in [1.165, 1.54) is 17.3 Å². The van der Waals surface area contributed by atoms with Crippen LogP contribution in [0.25, 0.3) is 6.08 Å². The molecule has 0 aromatic heterocycles. The Morgan fingerprint density at radius 3 is 2.02 bits per heavy atom. The first-order valence-electron chi connectivity index (χ1n) is 13.8. The summed E-state index contributed by atoms with van der Waals surface area (Å²) in [6.45, 7) is 8.09. The number of anilines is 2. The van der Waals surface area contributed by atoms with Crippen molar-refractivity contribution in [3.05, 3.63) is 131 Å². The van der Waals surface area contributed by atoms with Crippen molar-refractivity contribution in [1.82, 2.24) is 5.32 Å². The minimum absolute atomic E-state index is 0.0882. The Labute approximate surface area is 251 Å². The quantitative estimate of drug-likeness (QED) is 0.133. The minimum Gasteiger partial charge on any atom is -0.325 e. The molecule has 0 saturated heterocycles. The second-order valence-electron chi connectivity index (χ2n) is 10.3. The fourth-order valence-corrected chi connectivity index (χ4v) is 5.00. The van der Waals surface area contributed by atoms with Crippen molar-refractivity contribution in [2.24, 2.45) is 0 Å². The number of thioether (sulfide) groups is 1. The highest BCUT2D eigenvalue weighted by molar-refractivity contribution is 8.00. The van der Waals surface area contributed by atoms with E-state index in [0.29, 0.717) is 17.2 Å². The number of carbonyl (C=O) groups is 3. The summed E-state index contributed by atoms with van der Waals surface area (Å²) in [4.78, 5) is 39.8. The van der Waals surface area contributed by atoms with Crippen LogP contribution in [0.2, 0.25) is 0 Å². The van der Waals surface area contributed by atoms with E-state index in [0.717, 1.165) is 21.7 Å². The summed E-state index contributed by atoms with van der Waals surface area (Å²) < 4.78 is 0. The second kappa shape index (κ2) is 14.3. The van der Waals surface area contributed by atoms with Gasteiger partial charge in [0, 0.05) is 21.8 Å². The normalized spacial score (nSPS) is 12.0. The van der Waals surface area contributed by atoms with Crippen molar-refractivity contribution in [3.8, 4) is 0 Å². The van der Waals surface area contributed by atoms with Gasteiger partial charge in [-0.3, -0.25) is 14.4 Å². The van der Waals surface area contributed by atoms with Gasteiger partial charge in [-0.25, -0.2) is 0 Å². The van der Waals surface area contributed by atoms with E-state index in [2.05, 4.69) is 29.8 Å². The van der Waals surface area contributed by atoms with E-state index in [1.807, 2.05) is 80.6 Å². The minimum atomic E-state index is -0.447. The van der Waals surface area contributed by atoms with E-state index in [1.54, 1.807) is 42.5 Å². The van der Waals surface area contributed by atoms with Gasteiger partial charge in [0.1, 0.15) is 5.70 Å². The molecule has 3 amide bonds. The van der Waals surface area contributed by atoms with Crippen LogP contribution < -0.4 is 16.0 Å². The van der Waals surface area contributed by atoms with Crippen LogP contribution in [-0.4, -0.2) is 23.0 Å². The summed E-state index contributed by atoms with van der Waals surface area (Å²) in [7, 11) is 0. The van der Waals surface area contributed by atoms with Crippen LogP contribution in [0.15, 0.2) is 114 Å². The Morgan fingerprint density at radius 2 is 1.38 bits per heavy atom. The Bertz CT molecular complexity index is 1560. The standard InChI is InChI=1S/C35H35N3O3S/c1-23(2)27-13-15-29(16-14-27)36-33(39)25(4)42-31-19-17-30(18-20-31)37-35(41)32(22-26-10-8-9-24(3)21-26)38-34(40)28-11-6-5-7-12-28/h5-23,25H,1-4H3,(H,36,39)(H,37,41)(H,38,40)/b32-22-. The summed E-state index contributed by atoms with van der Waals surface area (Å²) in [6.07, 6.45) is 1.66. The van der Waals surface area contributed by atoms with Gasteiger partial charge in [0.05, 0.1) is 5.25 Å². The fourth-order valence-electron chi connectivity index (χ4n) is 4.14. The van der Waals surface area contributed by atoms with Gasteiger partial charge in [0.15, 0.2) is 0 Å². The van der Waals surface area contributed by atoms with Crippen LogP contribution in [0.1, 0.15) is 53.7 Å². The molecule has 42 heavy (non-hydrogen) atoms. The maximum Gasteiger partial charge on any atom is 0.272 e. The number of hydrogen-bond donors (Lipinski definition) is 3. The van der Waals surface area contributed by atoms with Gasteiger partial charge in [-0.05, 0) is 85.5 Å². The molecule has 7 heteroatoms. The van der Waals surface area contributed by atoms with Crippen LogP contribution in [0.5, 0.6) is 0 Å². The van der Waals surface area contributed by atoms with Crippen molar-refractivity contribution in [3.63, 3.8) is 0 Å². The van der Waals surface area contributed by atoms with Gasteiger partial charge in [-0.15, -0.1) is 11.8 Å². The molecular weight excluding hydrogens is 542 g/mol. The Morgan fingerprint density at radius 1 is 0.738 bits per heavy atom. The largest absolute Gasteiger partial charge is 0.325 e. The fraction of sp³-hybridized carbons (Fsp3) is 0.171. The molecule has 0 aliphatic carbocycles. The molecule has 0 aliphatic rings. The van der Waals surface area contributed by atoms with Gasteiger partial charge in [0.2, 0.25) is 5.91 Å². The highest BCUT2D eigenvalue weighted by Crippen LogP contribution is 2.26. The number of amides is 3. The molecule has 3 N–H and O–H groups in total. The highest BCUT2D eigenvalue weighted by Gasteiger charge is 2.17. The maximum atomic E-state index is 13.3. The molecule has 4 aromatic rings. The van der Waals surface area contributed by atoms with Gasteiger partial charge >= 0.3 is 0 Å². The van der Waals surface area contributed by atoms with Crippen molar-refractivity contribution in [2.45, 2.75) is 43.8 Å². The lowest BCUT2D eigenvalue weighted by Gasteiger charge is -2.14. The summed E-state index contributed by atoms with van der Waals surface area (Å²) >= 11 is 1.43. The monoisotopic (exact) mass is 577 g/mol. The molecule has 4 aromatic carbocycles. The van der Waals surface area contributed by atoms with Crippen LogP contribution in [0.3, 0.4) is 0 Å². The number of carbonyl (C=O) groups excluding carboxylic acids is 3. The maximum absolute atomic E-state index is 13.3. The third-order valence-electron chi connectivity index (χ3n) is 6.52. The van der Waals surface area contributed by atoms with Gasteiger partial charge in [0.25, 0.3) is 11.8 Å². The highest BCUT2D eigenvalue weighted by atomic mass is 32.2. The first-order valence-corrected chi connectivity index (χ1v) is 14.7.